The van der Waals surface area contributed by atoms with Crippen molar-refractivity contribution in [2.75, 3.05) is 0 Å². The summed E-state index contributed by atoms with van der Waals surface area (Å²) in [6, 6.07) is 9.98. The van der Waals surface area contributed by atoms with E-state index in [-0.39, 0.29) is 5.82 Å². The topological polar surface area (TPSA) is 20.7 Å². The summed E-state index contributed by atoms with van der Waals surface area (Å²) in [5.41, 5.74) is 2.56. The van der Waals surface area contributed by atoms with Crippen LogP contribution < -0.4 is 0 Å². The molecule has 0 radical (unpaired) electrons. The first kappa shape index (κ1) is 14.6. The first-order valence-corrected chi connectivity index (χ1v) is 7.53. The summed E-state index contributed by atoms with van der Waals surface area (Å²) in [4.78, 5) is 3.07. The molecule has 0 atom stereocenters. The van der Waals surface area contributed by atoms with Gasteiger partial charge in [-0.15, -0.1) is 0 Å². The molecule has 1 N–H and O–H groups in total. The highest BCUT2D eigenvalue weighted by molar-refractivity contribution is 7.71. The van der Waals surface area contributed by atoms with E-state index in [4.69, 9.17) is 35.4 Å². The van der Waals surface area contributed by atoms with E-state index in [1.54, 1.807) is 18.2 Å². The third-order valence-corrected chi connectivity index (χ3v) is 4.27. The minimum absolute atomic E-state index is 0.283. The third-order valence-electron chi connectivity index (χ3n) is 3.36. The van der Waals surface area contributed by atoms with E-state index in [0.717, 1.165) is 16.6 Å². The number of rotatable bonds is 3. The average molecular weight is 341 g/mol. The fraction of sp³-hybridized carbons (Fsp3) is 0.133. The predicted octanol–water partition coefficient (Wildman–Crippen LogP) is 5.39. The lowest BCUT2D eigenvalue weighted by molar-refractivity contribution is 0.627. The molecule has 2 aromatic carbocycles. The van der Waals surface area contributed by atoms with Gasteiger partial charge in [0.25, 0.3) is 0 Å². The minimum Gasteiger partial charge on any atom is -0.331 e. The van der Waals surface area contributed by atoms with E-state index in [1.807, 2.05) is 10.6 Å². The number of H-pyrrole nitrogens is 1. The molecule has 21 heavy (non-hydrogen) atoms. The standard InChI is InChI=1S/C15H11Cl2FN2S/c16-10-2-1-9(12(17)7-10)5-6-20-14-8-11(18)3-4-13(14)19-15(20)21/h1-4,7-8H,5-6H2,(H,19,21). The Labute approximate surface area is 136 Å². The molecule has 0 aliphatic heterocycles. The zero-order chi connectivity index (χ0) is 15.0. The Morgan fingerprint density at radius 2 is 1.95 bits per heavy atom. The van der Waals surface area contributed by atoms with E-state index in [2.05, 4.69) is 4.98 Å². The van der Waals surface area contributed by atoms with Crippen LogP contribution in [0.15, 0.2) is 36.4 Å². The molecule has 3 aromatic rings. The molecule has 6 heteroatoms. The van der Waals surface area contributed by atoms with Crippen molar-refractivity contribution in [3.05, 3.63) is 62.6 Å². The number of hydrogen-bond acceptors (Lipinski definition) is 1. The van der Waals surface area contributed by atoms with Gasteiger partial charge in [-0.3, -0.25) is 0 Å². The van der Waals surface area contributed by atoms with Gasteiger partial charge in [-0.1, -0.05) is 29.3 Å². The van der Waals surface area contributed by atoms with Crippen molar-refractivity contribution in [1.82, 2.24) is 9.55 Å². The third kappa shape index (κ3) is 2.98. The number of benzene rings is 2. The summed E-state index contributed by atoms with van der Waals surface area (Å²) in [6.07, 6.45) is 0.688. The Kier molecular flexibility index (Phi) is 4.02. The van der Waals surface area contributed by atoms with Crippen LogP contribution >= 0.6 is 35.4 Å². The zero-order valence-corrected chi connectivity index (χ0v) is 13.2. The molecule has 1 aromatic heterocycles. The van der Waals surface area contributed by atoms with E-state index in [9.17, 15) is 4.39 Å². The number of halogens is 3. The molecule has 0 saturated carbocycles. The van der Waals surface area contributed by atoms with Crippen molar-refractivity contribution >= 4 is 46.5 Å². The van der Waals surface area contributed by atoms with Gasteiger partial charge in [0.2, 0.25) is 0 Å². The fourth-order valence-corrected chi connectivity index (χ4v) is 3.11. The molecule has 2 nitrogen and oxygen atoms in total. The second-order valence-electron chi connectivity index (χ2n) is 4.73. The van der Waals surface area contributed by atoms with Gasteiger partial charge in [-0.25, -0.2) is 4.39 Å². The Balaban J connectivity index is 1.93. The maximum absolute atomic E-state index is 13.4. The Bertz CT molecular complexity index is 870. The van der Waals surface area contributed by atoms with Gasteiger partial charge in [-0.2, -0.15) is 0 Å². The van der Waals surface area contributed by atoms with Gasteiger partial charge < -0.3 is 9.55 Å². The highest BCUT2D eigenvalue weighted by Gasteiger charge is 2.07. The number of aromatic nitrogens is 2. The number of nitrogens with one attached hydrogen (secondary N) is 1. The molecule has 1 heterocycles. The molecule has 0 unspecified atom stereocenters. The van der Waals surface area contributed by atoms with Gasteiger partial charge in [0.15, 0.2) is 4.77 Å². The largest absolute Gasteiger partial charge is 0.331 e. The lowest BCUT2D eigenvalue weighted by atomic mass is 10.1. The van der Waals surface area contributed by atoms with Crippen LogP contribution in [0.1, 0.15) is 5.56 Å². The molecule has 0 aliphatic rings. The van der Waals surface area contributed by atoms with E-state index in [1.165, 1.54) is 12.1 Å². The molecule has 0 spiro atoms. The molecule has 0 amide bonds. The molecule has 0 bridgehead atoms. The number of aryl methyl sites for hydroxylation is 2. The zero-order valence-electron chi connectivity index (χ0n) is 10.9. The molecule has 3 rings (SSSR count). The van der Waals surface area contributed by atoms with E-state index >= 15 is 0 Å². The van der Waals surface area contributed by atoms with Crippen molar-refractivity contribution in [2.45, 2.75) is 13.0 Å². The lowest BCUT2D eigenvalue weighted by Gasteiger charge is -2.07. The molecular formula is C15H11Cl2FN2S. The summed E-state index contributed by atoms with van der Waals surface area (Å²) in [7, 11) is 0. The normalized spacial score (nSPS) is 11.2. The average Bonchev–Trinajstić information content (AvgIpc) is 2.73. The van der Waals surface area contributed by atoms with Crippen LogP contribution in [0.2, 0.25) is 10.0 Å². The van der Waals surface area contributed by atoms with Crippen molar-refractivity contribution in [2.24, 2.45) is 0 Å². The second-order valence-corrected chi connectivity index (χ2v) is 5.96. The van der Waals surface area contributed by atoms with Crippen LogP contribution in [0.5, 0.6) is 0 Å². The number of nitrogens with zero attached hydrogens (tertiary/aromatic N) is 1. The van der Waals surface area contributed by atoms with Crippen LogP contribution in [0.25, 0.3) is 11.0 Å². The summed E-state index contributed by atoms with van der Waals surface area (Å²) in [5.74, 6) is -0.283. The van der Waals surface area contributed by atoms with E-state index in [0.29, 0.717) is 27.8 Å². The number of fused-ring (bicyclic) bond motifs is 1. The lowest BCUT2D eigenvalue weighted by Crippen LogP contribution is -2.02. The summed E-state index contributed by atoms with van der Waals surface area (Å²) >= 11 is 17.3. The van der Waals surface area contributed by atoms with Crippen LogP contribution in [0, 0.1) is 10.6 Å². The van der Waals surface area contributed by atoms with Gasteiger partial charge >= 0.3 is 0 Å². The predicted molar refractivity (Wildman–Crippen MR) is 87.2 cm³/mol. The van der Waals surface area contributed by atoms with E-state index < -0.39 is 0 Å². The summed E-state index contributed by atoms with van der Waals surface area (Å²) in [5, 5.41) is 1.23. The number of hydrogen-bond donors (Lipinski definition) is 1. The molecule has 108 valence electrons. The highest BCUT2D eigenvalue weighted by Crippen LogP contribution is 2.23. The number of imidazole rings is 1. The summed E-state index contributed by atoms with van der Waals surface area (Å²) < 4.78 is 15.8. The minimum atomic E-state index is -0.283. The van der Waals surface area contributed by atoms with Crippen molar-refractivity contribution in [3.8, 4) is 0 Å². The highest BCUT2D eigenvalue weighted by atomic mass is 35.5. The van der Waals surface area contributed by atoms with Crippen molar-refractivity contribution in [1.29, 1.82) is 0 Å². The second kappa shape index (κ2) is 5.79. The van der Waals surface area contributed by atoms with Crippen LogP contribution in [0.4, 0.5) is 4.39 Å². The van der Waals surface area contributed by atoms with Crippen LogP contribution in [0.3, 0.4) is 0 Å². The maximum atomic E-state index is 13.4. The molecule has 0 saturated heterocycles. The van der Waals surface area contributed by atoms with Gasteiger partial charge in [0.05, 0.1) is 11.0 Å². The first-order valence-electron chi connectivity index (χ1n) is 6.36. The molecule has 0 fully saturated rings. The Hall–Kier alpha value is -1.36. The first-order chi connectivity index (χ1) is 10.0. The Morgan fingerprint density at radius 3 is 2.71 bits per heavy atom. The van der Waals surface area contributed by atoms with Crippen molar-refractivity contribution < 1.29 is 4.39 Å². The summed E-state index contributed by atoms with van der Waals surface area (Å²) in [6.45, 7) is 0.615. The van der Waals surface area contributed by atoms with Gasteiger partial charge in [-0.05, 0) is 54.5 Å². The number of aromatic amines is 1. The quantitative estimate of drug-likeness (QED) is 0.634. The Morgan fingerprint density at radius 1 is 1.14 bits per heavy atom. The molecule has 0 aliphatic carbocycles. The van der Waals surface area contributed by atoms with Crippen LogP contribution in [-0.4, -0.2) is 9.55 Å². The monoisotopic (exact) mass is 340 g/mol. The smallest absolute Gasteiger partial charge is 0.178 e. The maximum Gasteiger partial charge on any atom is 0.178 e. The van der Waals surface area contributed by atoms with Gasteiger partial charge in [0.1, 0.15) is 5.82 Å². The van der Waals surface area contributed by atoms with Crippen LogP contribution in [-0.2, 0) is 13.0 Å². The fourth-order valence-electron chi connectivity index (χ4n) is 2.30. The molecular weight excluding hydrogens is 330 g/mol. The van der Waals surface area contributed by atoms with Crippen molar-refractivity contribution in [3.63, 3.8) is 0 Å². The van der Waals surface area contributed by atoms with Gasteiger partial charge in [0, 0.05) is 16.6 Å². The SMILES string of the molecule is Fc1ccc2[nH]c(=S)n(CCc3ccc(Cl)cc3Cl)c2c1.